The number of rotatable bonds is 8. The van der Waals surface area contributed by atoms with Crippen LogP contribution in [0.1, 0.15) is 17.0 Å². The number of aromatic nitrogens is 5. The van der Waals surface area contributed by atoms with Crippen LogP contribution in [-0.2, 0) is 0 Å². The highest BCUT2D eigenvalue weighted by molar-refractivity contribution is 6.01. The average molecular weight is 667 g/mol. The Kier molecular flexibility index (Phi) is 8.50. The molecule has 0 spiro atoms. The summed E-state index contributed by atoms with van der Waals surface area (Å²) in [6.07, 6.45) is 5.18. The summed E-state index contributed by atoms with van der Waals surface area (Å²) in [5, 5.41) is 11.6. The van der Waals surface area contributed by atoms with Gasteiger partial charge in [0.25, 0.3) is 0 Å². The van der Waals surface area contributed by atoms with E-state index in [2.05, 4.69) is 60.6 Å². The Morgan fingerprint density at radius 2 is 1.04 bits per heavy atom. The molecular formula is C46H30N6. The molecule has 5 aromatic carbocycles. The van der Waals surface area contributed by atoms with Crippen LogP contribution in [0, 0.1) is 11.3 Å². The molecule has 3 heterocycles. The maximum atomic E-state index is 9.80. The molecule has 0 saturated carbocycles. The van der Waals surface area contributed by atoms with E-state index in [4.69, 9.17) is 19.9 Å². The normalized spacial score (nSPS) is 10.8. The van der Waals surface area contributed by atoms with E-state index in [1.54, 1.807) is 18.3 Å². The van der Waals surface area contributed by atoms with E-state index in [1.165, 1.54) is 0 Å². The third kappa shape index (κ3) is 6.04. The highest BCUT2D eigenvalue weighted by atomic mass is 14.9. The zero-order valence-electron chi connectivity index (χ0n) is 28.1. The topological polar surface area (TPSA) is 88.2 Å². The summed E-state index contributed by atoms with van der Waals surface area (Å²) in [6.45, 7) is 7.96. The van der Waals surface area contributed by atoms with Gasteiger partial charge in [0.05, 0.1) is 51.5 Å². The van der Waals surface area contributed by atoms with Gasteiger partial charge in [-0.3, -0.25) is 4.98 Å². The van der Waals surface area contributed by atoms with Gasteiger partial charge in [0.1, 0.15) is 0 Å². The SMILES string of the molecule is C=Cc1nc(-c2ccc(-c3nc(-c4ccccc4)cc(-c4ccc(-c5ccccn5)cc4)n3)cc2)c(-c2ccc(C#N)c3ccccc23)nc1C=C. The van der Waals surface area contributed by atoms with Gasteiger partial charge in [-0.05, 0) is 41.8 Å². The third-order valence-corrected chi connectivity index (χ3v) is 8.99. The first-order valence-electron chi connectivity index (χ1n) is 16.8. The second-order valence-corrected chi connectivity index (χ2v) is 12.1. The lowest BCUT2D eigenvalue weighted by atomic mass is 9.95. The van der Waals surface area contributed by atoms with Gasteiger partial charge in [-0.25, -0.2) is 19.9 Å². The van der Waals surface area contributed by atoms with E-state index < -0.39 is 0 Å². The molecule has 3 aromatic heterocycles. The molecule has 52 heavy (non-hydrogen) atoms. The number of nitriles is 1. The monoisotopic (exact) mass is 666 g/mol. The predicted molar refractivity (Wildman–Crippen MR) is 210 cm³/mol. The molecule has 244 valence electrons. The maximum Gasteiger partial charge on any atom is 0.160 e. The summed E-state index contributed by atoms with van der Waals surface area (Å²) in [5.74, 6) is 0.606. The van der Waals surface area contributed by atoms with Gasteiger partial charge in [0.15, 0.2) is 5.82 Å². The summed E-state index contributed by atoms with van der Waals surface area (Å²) in [4.78, 5) is 24.7. The number of nitrogens with zero attached hydrogens (tertiary/aromatic N) is 6. The second-order valence-electron chi connectivity index (χ2n) is 12.1. The number of benzene rings is 5. The van der Waals surface area contributed by atoms with E-state index in [0.717, 1.165) is 61.2 Å². The average Bonchev–Trinajstić information content (AvgIpc) is 3.23. The third-order valence-electron chi connectivity index (χ3n) is 8.99. The summed E-state index contributed by atoms with van der Waals surface area (Å²) >= 11 is 0. The molecule has 0 atom stereocenters. The Balaban J connectivity index is 1.24. The minimum atomic E-state index is 0.603. The molecule has 0 saturated heterocycles. The van der Waals surface area contributed by atoms with Crippen LogP contribution in [0.15, 0.2) is 159 Å². The van der Waals surface area contributed by atoms with Crippen molar-refractivity contribution >= 4 is 22.9 Å². The molecule has 0 radical (unpaired) electrons. The fraction of sp³-hybridized carbons (Fsp3) is 0. The van der Waals surface area contributed by atoms with Gasteiger partial charge in [0.2, 0.25) is 0 Å². The first-order valence-corrected chi connectivity index (χ1v) is 16.8. The van der Waals surface area contributed by atoms with Crippen molar-refractivity contribution in [2.75, 3.05) is 0 Å². The highest BCUT2D eigenvalue weighted by Gasteiger charge is 2.19. The standard InChI is InChI=1S/C46H30N6/c1-3-39-40(4-2)50-45(38-26-25-35(29-47)36-14-8-9-15-37(36)38)44(49-39)33-21-23-34(24-22-33)46-51-42(30-12-6-5-7-13-30)28-43(52-46)32-19-17-31(18-20-32)41-16-10-11-27-48-41/h3-28H,1-2H2. The fourth-order valence-electron chi connectivity index (χ4n) is 6.36. The molecule has 6 heteroatoms. The van der Waals surface area contributed by atoms with E-state index in [9.17, 15) is 5.26 Å². The lowest BCUT2D eigenvalue weighted by Gasteiger charge is -2.15. The van der Waals surface area contributed by atoms with Crippen molar-refractivity contribution in [2.45, 2.75) is 0 Å². The quantitative estimate of drug-likeness (QED) is 0.160. The van der Waals surface area contributed by atoms with Gasteiger partial charge in [-0.15, -0.1) is 0 Å². The molecule has 0 aliphatic carbocycles. The van der Waals surface area contributed by atoms with Gasteiger partial charge >= 0.3 is 0 Å². The summed E-state index contributed by atoms with van der Waals surface area (Å²) in [7, 11) is 0. The molecule has 8 rings (SSSR count). The molecule has 0 aliphatic heterocycles. The second kappa shape index (κ2) is 13.9. The molecule has 6 nitrogen and oxygen atoms in total. The van der Waals surface area contributed by atoms with Crippen molar-refractivity contribution in [3.05, 3.63) is 176 Å². The predicted octanol–water partition coefficient (Wildman–Crippen LogP) is 11.0. The molecule has 0 N–H and O–H groups in total. The lowest BCUT2D eigenvalue weighted by Crippen LogP contribution is -2.01. The van der Waals surface area contributed by atoms with Crippen molar-refractivity contribution < 1.29 is 0 Å². The maximum absolute atomic E-state index is 9.80. The number of pyridine rings is 1. The Morgan fingerprint density at radius 3 is 1.67 bits per heavy atom. The number of hydrogen-bond acceptors (Lipinski definition) is 6. The smallest absolute Gasteiger partial charge is 0.160 e. The zero-order chi connectivity index (χ0) is 35.4. The summed E-state index contributed by atoms with van der Waals surface area (Å²) in [5.41, 5.74) is 11.4. The van der Waals surface area contributed by atoms with Gasteiger partial charge in [0, 0.05) is 45.0 Å². The zero-order valence-corrected chi connectivity index (χ0v) is 28.1. The molecule has 0 unspecified atom stereocenters. The largest absolute Gasteiger partial charge is 0.256 e. The minimum Gasteiger partial charge on any atom is -0.256 e. The van der Waals surface area contributed by atoms with Crippen LogP contribution in [0.2, 0.25) is 0 Å². The lowest BCUT2D eigenvalue weighted by molar-refractivity contribution is 1.17. The molecular weight excluding hydrogens is 637 g/mol. The molecule has 0 bridgehead atoms. The van der Waals surface area contributed by atoms with Crippen LogP contribution in [0.5, 0.6) is 0 Å². The van der Waals surface area contributed by atoms with E-state index in [0.29, 0.717) is 34.2 Å². The van der Waals surface area contributed by atoms with Crippen molar-refractivity contribution in [1.82, 2.24) is 24.9 Å². The Hall–Kier alpha value is -7.36. The van der Waals surface area contributed by atoms with Crippen LogP contribution in [-0.4, -0.2) is 24.9 Å². The molecule has 8 aromatic rings. The minimum absolute atomic E-state index is 0.603. The van der Waals surface area contributed by atoms with E-state index in [-0.39, 0.29) is 0 Å². The molecule has 0 amide bonds. The van der Waals surface area contributed by atoms with Crippen molar-refractivity contribution in [1.29, 1.82) is 5.26 Å². The first kappa shape index (κ1) is 31.9. The van der Waals surface area contributed by atoms with Crippen molar-refractivity contribution in [3.63, 3.8) is 0 Å². The van der Waals surface area contributed by atoms with Crippen molar-refractivity contribution in [3.8, 4) is 73.7 Å². The molecule has 0 fully saturated rings. The Morgan fingerprint density at radius 1 is 0.481 bits per heavy atom. The van der Waals surface area contributed by atoms with Crippen LogP contribution in [0.3, 0.4) is 0 Å². The first-order chi connectivity index (χ1) is 25.6. The van der Waals surface area contributed by atoms with E-state index >= 15 is 0 Å². The Labute approximate surface area is 301 Å². The summed E-state index contributed by atoms with van der Waals surface area (Å²) < 4.78 is 0. The highest BCUT2D eigenvalue weighted by Crippen LogP contribution is 2.37. The summed E-state index contributed by atoms with van der Waals surface area (Å²) in [6, 6.07) is 48.4. The fourth-order valence-corrected chi connectivity index (χ4v) is 6.36. The van der Waals surface area contributed by atoms with E-state index in [1.807, 2.05) is 103 Å². The van der Waals surface area contributed by atoms with Gasteiger partial charge in [-0.2, -0.15) is 5.26 Å². The molecule has 0 aliphatic rings. The number of fused-ring (bicyclic) bond motifs is 1. The number of hydrogen-bond donors (Lipinski definition) is 0. The van der Waals surface area contributed by atoms with Crippen molar-refractivity contribution in [2.24, 2.45) is 0 Å². The van der Waals surface area contributed by atoms with Crippen LogP contribution in [0.4, 0.5) is 0 Å². The van der Waals surface area contributed by atoms with Gasteiger partial charge < -0.3 is 0 Å². The van der Waals surface area contributed by atoms with Crippen LogP contribution >= 0.6 is 0 Å². The van der Waals surface area contributed by atoms with Crippen LogP contribution < -0.4 is 0 Å². The van der Waals surface area contributed by atoms with Crippen LogP contribution in [0.25, 0.3) is 90.6 Å². The Bertz CT molecular complexity index is 2640. The van der Waals surface area contributed by atoms with Gasteiger partial charge in [-0.1, -0.05) is 128 Å².